The Morgan fingerprint density at radius 1 is 1.25 bits per heavy atom. The van der Waals surface area contributed by atoms with Crippen LogP contribution < -0.4 is 11.1 Å². The molecule has 0 aliphatic rings. The van der Waals surface area contributed by atoms with E-state index in [0.717, 1.165) is 15.9 Å². The molecule has 0 atom stereocenters. The lowest BCUT2D eigenvalue weighted by Gasteiger charge is -2.10. The van der Waals surface area contributed by atoms with Crippen LogP contribution in [-0.4, -0.2) is 16.1 Å². The average Bonchev–Trinajstić information content (AvgIpc) is 2.88. The molecule has 0 unspecified atom stereocenters. The molecule has 5 nitrogen and oxygen atoms in total. The van der Waals surface area contributed by atoms with Crippen molar-refractivity contribution in [2.75, 3.05) is 11.1 Å². The number of thiazole rings is 1. The van der Waals surface area contributed by atoms with E-state index in [9.17, 15) is 4.79 Å². The Kier molecular flexibility index (Phi) is 3.00. The van der Waals surface area contributed by atoms with Crippen LogP contribution in [0, 0.1) is 0 Å². The largest absolute Gasteiger partial charge is 0.478 e. The monoisotopic (exact) mass is 285 g/mol. The summed E-state index contributed by atoms with van der Waals surface area (Å²) >= 11 is 1.56. The predicted molar refractivity (Wildman–Crippen MR) is 80.7 cm³/mol. The molecule has 6 heteroatoms. The van der Waals surface area contributed by atoms with Crippen LogP contribution in [0.4, 0.5) is 17.1 Å². The zero-order chi connectivity index (χ0) is 14.1. The third-order valence-corrected chi connectivity index (χ3v) is 3.70. The van der Waals surface area contributed by atoms with Gasteiger partial charge in [0.25, 0.3) is 0 Å². The summed E-state index contributed by atoms with van der Waals surface area (Å²) in [4.78, 5) is 15.1. The van der Waals surface area contributed by atoms with Crippen molar-refractivity contribution in [2.24, 2.45) is 0 Å². The zero-order valence-electron chi connectivity index (χ0n) is 10.3. The van der Waals surface area contributed by atoms with Crippen LogP contribution in [0.15, 0.2) is 41.9 Å². The van der Waals surface area contributed by atoms with Crippen molar-refractivity contribution in [3.05, 3.63) is 47.5 Å². The third kappa shape index (κ3) is 2.28. The van der Waals surface area contributed by atoms with E-state index in [-0.39, 0.29) is 5.56 Å². The number of nitrogens with zero attached hydrogens (tertiary/aromatic N) is 1. The van der Waals surface area contributed by atoms with Gasteiger partial charge in [0, 0.05) is 5.69 Å². The van der Waals surface area contributed by atoms with Crippen LogP contribution in [0.25, 0.3) is 10.2 Å². The number of rotatable bonds is 3. The number of carboxylic acids is 1. The highest BCUT2D eigenvalue weighted by Crippen LogP contribution is 2.27. The minimum absolute atomic E-state index is 0.172. The normalized spacial score (nSPS) is 10.6. The lowest BCUT2D eigenvalue weighted by molar-refractivity contribution is 0.0697. The van der Waals surface area contributed by atoms with Crippen molar-refractivity contribution in [2.45, 2.75) is 0 Å². The summed E-state index contributed by atoms with van der Waals surface area (Å²) in [6, 6.07) is 10.4. The number of hydrogen-bond donors (Lipinski definition) is 3. The number of carbonyl (C=O) groups is 1. The highest BCUT2D eigenvalue weighted by atomic mass is 32.1. The number of carboxylic acid groups (broad SMARTS) is 1. The van der Waals surface area contributed by atoms with E-state index in [1.807, 2.05) is 18.2 Å². The molecule has 4 N–H and O–H groups in total. The molecule has 3 aromatic rings. The highest BCUT2D eigenvalue weighted by Gasteiger charge is 2.07. The fourth-order valence-electron chi connectivity index (χ4n) is 1.90. The van der Waals surface area contributed by atoms with Crippen LogP contribution in [-0.2, 0) is 0 Å². The molecule has 3 rings (SSSR count). The van der Waals surface area contributed by atoms with E-state index in [1.165, 1.54) is 12.1 Å². The van der Waals surface area contributed by atoms with Crippen molar-refractivity contribution in [3.8, 4) is 0 Å². The fourth-order valence-corrected chi connectivity index (χ4v) is 2.61. The summed E-state index contributed by atoms with van der Waals surface area (Å²) in [5.74, 6) is -0.991. The zero-order valence-corrected chi connectivity index (χ0v) is 11.1. The molecule has 100 valence electrons. The van der Waals surface area contributed by atoms with Gasteiger partial charge in [-0.1, -0.05) is 0 Å². The highest BCUT2D eigenvalue weighted by molar-refractivity contribution is 7.16. The molecule has 1 heterocycles. The van der Waals surface area contributed by atoms with Crippen LogP contribution in [0.2, 0.25) is 0 Å². The van der Waals surface area contributed by atoms with E-state index in [4.69, 9.17) is 10.8 Å². The quantitative estimate of drug-likeness (QED) is 0.642. The Morgan fingerprint density at radius 2 is 2.10 bits per heavy atom. The molecular formula is C14H11N3O2S. The van der Waals surface area contributed by atoms with Crippen molar-refractivity contribution in [1.29, 1.82) is 0 Å². The molecule has 0 radical (unpaired) electrons. The fraction of sp³-hybridized carbons (Fsp3) is 0. The molecule has 0 bridgehead atoms. The minimum atomic E-state index is -0.991. The van der Waals surface area contributed by atoms with Crippen LogP contribution in [0.5, 0.6) is 0 Å². The molecule has 0 aliphatic heterocycles. The number of aromatic nitrogens is 1. The van der Waals surface area contributed by atoms with Gasteiger partial charge in [0.1, 0.15) is 0 Å². The number of aromatic carboxylic acids is 1. The first-order valence-electron chi connectivity index (χ1n) is 5.86. The minimum Gasteiger partial charge on any atom is -0.478 e. The SMILES string of the molecule is Nc1cc(C(=O)O)ccc1Nc1ccc2ncsc2c1. The number of nitrogens with two attached hydrogens (primary N) is 1. The van der Waals surface area contributed by atoms with E-state index in [1.54, 1.807) is 22.9 Å². The Labute approximate surface area is 118 Å². The van der Waals surface area contributed by atoms with Gasteiger partial charge in [-0.2, -0.15) is 0 Å². The lowest BCUT2D eigenvalue weighted by atomic mass is 10.1. The van der Waals surface area contributed by atoms with Crippen molar-refractivity contribution in [3.63, 3.8) is 0 Å². The number of anilines is 3. The maximum atomic E-state index is 10.9. The van der Waals surface area contributed by atoms with Gasteiger partial charge in [-0.15, -0.1) is 11.3 Å². The maximum absolute atomic E-state index is 10.9. The number of benzene rings is 2. The van der Waals surface area contributed by atoms with Crippen LogP contribution in [0.3, 0.4) is 0 Å². The predicted octanol–water partition coefficient (Wildman–Crippen LogP) is 3.32. The molecule has 0 amide bonds. The van der Waals surface area contributed by atoms with Gasteiger partial charge in [0.05, 0.1) is 32.7 Å². The summed E-state index contributed by atoms with van der Waals surface area (Å²) in [6.07, 6.45) is 0. The van der Waals surface area contributed by atoms with Gasteiger partial charge in [0.15, 0.2) is 0 Å². The summed E-state index contributed by atoms with van der Waals surface area (Å²) in [5, 5.41) is 12.1. The summed E-state index contributed by atoms with van der Waals surface area (Å²) in [6.45, 7) is 0. The Balaban J connectivity index is 1.92. The second-order valence-electron chi connectivity index (χ2n) is 4.27. The first-order valence-corrected chi connectivity index (χ1v) is 6.74. The molecule has 0 fully saturated rings. The van der Waals surface area contributed by atoms with E-state index >= 15 is 0 Å². The van der Waals surface area contributed by atoms with Gasteiger partial charge in [0.2, 0.25) is 0 Å². The van der Waals surface area contributed by atoms with Crippen LogP contribution in [0.1, 0.15) is 10.4 Å². The summed E-state index contributed by atoms with van der Waals surface area (Å²) in [7, 11) is 0. The standard InChI is InChI=1S/C14H11N3O2S/c15-10-5-8(14(18)19)1-3-11(10)17-9-2-4-12-13(6-9)20-7-16-12/h1-7,17H,15H2,(H,18,19). The van der Waals surface area contributed by atoms with Gasteiger partial charge in [-0.3, -0.25) is 0 Å². The van der Waals surface area contributed by atoms with Gasteiger partial charge >= 0.3 is 5.97 Å². The summed E-state index contributed by atoms with van der Waals surface area (Å²) < 4.78 is 1.08. The van der Waals surface area contributed by atoms with E-state index in [0.29, 0.717) is 11.4 Å². The maximum Gasteiger partial charge on any atom is 0.335 e. The molecule has 0 saturated carbocycles. The summed E-state index contributed by atoms with van der Waals surface area (Å²) in [5.41, 5.74) is 10.7. The lowest BCUT2D eigenvalue weighted by Crippen LogP contribution is -2.01. The number of nitrogen functional groups attached to an aromatic ring is 1. The van der Waals surface area contributed by atoms with Crippen LogP contribution >= 0.6 is 11.3 Å². The average molecular weight is 285 g/mol. The van der Waals surface area contributed by atoms with E-state index in [2.05, 4.69) is 10.3 Å². The first-order chi connectivity index (χ1) is 9.63. The Morgan fingerprint density at radius 3 is 2.85 bits per heavy atom. The van der Waals surface area contributed by atoms with Crippen molar-refractivity contribution >= 4 is 44.6 Å². The molecule has 20 heavy (non-hydrogen) atoms. The molecule has 0 saturated heterocycles. The van der Waals surface area contributed by atoms with Gasteiger partial charge in [-0.25, -0.2) is 9.78 Å². The molecule has 0 spiro atoms. The van der Waals surface area contributed by atoms with Crippen molar-refractivity contribution in [1.82, 2.24) is 4.98 Å². The van der Waals surface area contributed by atoms with E-state index < -0.39 is 5.97 Å². The molecule has 1 aromatic heterocycles. The smallest absolute Gasteiger partial charge is 0.335 e. The number of hydrogen-bond acceptors (Lipinski definition) is 5. The number of fused-ring (bicyclic) bond motifs is 1. The Hall–Kier alpha value is -2.60. The van der Waals surface area contributed by atoms with Gasteiger partial charge in [-0.05, 0) is 36.4 Å². The van der Waals surface area contributed by atoms with Gasteiger partial charge < -0.3 is 16.2 Å². The second-order valence-corrected chi connectivity index (χ2v) is 5.15. The topological polar surface area (TPSA) is 88.2 Å². The molecule has 2 aromatic carbocycles. The van der Waals surface area contributed by atoms with Crippen molar-refractivity contribution < 1.29 is 9.90 Å². The number of nitrogens with one attached hydrogen (secondary N) is 1. The third-order valence-electron chi connectivity index (χ3n) is 2.91. The molecule has 0 aliphatic carbocycles. The Bertz CT molecular complexity index is 798. The molecular weight excluding hydrogens is 274 g/mol. The second kappa shape index (κ2) is 4.82. The first kappa shape index (κ1) is 12.4.